The van der Waals surface area contributed by atoms with Crippen molar-refractivity contribution in [2.24, 2.45) is 0 Å². The molecule has 1 aromatic heterocycles. The average molecular weight is 457 g/mol. The SMILES string of the molecule is COc1ccc(Cl)cc1S(=O)(=O)NCc1nnc(C(=O)Nc2ccc(F)cc2)s1. The number of sulfonamides is 1. The maximum Gasteiger partial charge on any atom is 0.286 e. The first kappa shape index (κ1) is 21.1. The number of amides is 1. The number of methoxy groups -OCH3 is 1. The fourth-order valence-electron chi connectivity index (χ4n) is 2.23. The number of hydrogen-bond donors (Lipinski definition) is 2. The molecule has 0 aliphatic carbocycles. The molecule has 0 spiro atoms. The van der Waals surface area contributed by atoms with Crippen LogP contribution >= 0.6 is 22.9 Å². The predicted octanol–water partition coefficient (Wildman–Crippen LogP) is 3.07. The van der Waals surface area contributed by atoms with Crippen LogP contribution in [0.15, 0.2) is 47.4 Å². The van der Waals surface area contributed by atoms with Gasteiger partial charge in [-0.2, -0.15) is 0 Å². The van der Waals surface area contributed by atoms with Crippen LogP contribution in [0.25, 0.3) is 0 Å². The van der Waals surface area contributed by atoms with E-state index in [2.05, 4.69) is 20.2 Å². The fraction of sp³-hybridized carbons (Fsp3) is 0.118. The van der Waals surface area contributed by atoms with Crippen molar-refractivity contribution in [3.8, 4) is 5.75 Å². The summed E-state index contributed by atoms with van der Waals surface area (Å²) in [5.41, 5.74) is 0.391. The second-order valence-corrected chi connectivity index (χ2v) is 8.82. The van der Waals surface area contributed by atoms with E-state index in [0.29, 0.717) is 5.69 Å². The molecule has 0 aliphatic heterocycles. The molecule has 1 heterocycles. The maximum atomic E-state index is 12.9. The Balaban J connectivity index is 1.68. The number of anilines is 1. The lowest BCUT2D eigenvalue weighted by molar-refractivity contribution is 0.102. The molecule has 1 amide bonds. The van der Waals surface area contributed by atoms with Crippen molar-refractivity contribution in [1.29, 1.82) is 0 Å². The van der Waals surface area contributed by atoms with Gasteiger partial charge in [-0.25, -0.2) is 17.5 Å². The third-order valence-corrected chi connectivity index (χ3v) is 6.17. The lowest BCUT2D eigenvalue weighted by Gasteiger charge is -2.10. The first-order valence-corrected chi connectivity index (χ1v) is 10.7. The summed E-state index contributed by atoms with van der Waals surface area (Å²) in [6, 6.07) is 9.45. The van der Waals surface area contributed by atoms with E-state index in [9.17, 15) is 17.6 Å². The molecular weight excluding hydrogens is 443 g/mol. The highest BCUT2D eigenvalue weighted by molar-refractivity contribution is 7.89. The molecule has 0 atom stereocenters. The minimum atomic E-state index is -3.94. The van der Waals surface area contributed by atoms with Crippen molar-refractivity contribution in [1.82, 2.24) is 14.9 Å². The first-order chi connectivity index (χ1) is 13.8. The number of rotatable bonds is 7. The van der Waals surface area contributed by atoms with Crippen molar-refractivity contribution in [3.05, 3.63) is 63.3 Å². The van der Waals surface area contributed by atoms with Gasteiger partial charge in [-0.1, -0.05) is 22.9 Å². The molecule has 8 nitrogen and oxygen atoms in total. The minimum absolute atomic E-state index is 0.0314. The smallest absolute Gasteiger partial charge is 0.286 e. The number of halogens is 2. The highest BCUT2D eigenvalue weighted by Crippen LogP contribution is 2.27. The van der Waals surface area contributed by atoms with Crippen molar-refractivity contribution < 1.29 is 22.3 Å². The zero-order chi connectivity index (χ0) is 21.0. The standard InChI is InChI=1S/C17H14ClFN4O4S2/c1-27-13-7-2-10(18)8-14(13)29(25,26)20-9-15-22-23-17(28-15)16(24)21-12-5-3-11(19)4-6-12/h2-8,20H,9H2,1H3,(H,21,24). The monoisotopic (exact) mass is 456 g/mol. The van der Waals surface area contributed by atoms with Crippen LogP contribution in [0.5, 0.6) is 5.75 Å². The predicted molar refractivity (Wildman–Crippen MR) is 106 cm³/mol. The Morgan fingerprint density at radius 1 is 1.21 bits per heavy atom. The van der Waals surface area contributed by atoms with Crippen LogP contribution in [0.1, 0.15) is 14.8 Å². The molecule has 3 aromatic rings. The van der Waals surface area contributed by atoms with E-state index in [0.717, 1.165) is 11.3 Å². The van der Waals surface area contributed by atoms with Crippen LogP contribution in [0, 0.1) is 5.82 Å². The molecule has 0 saturated carbocycles. The third kappa shape index (κ3) is 5.26. The Bertz CT molecular complexity index is 1140. The number of carbonyl (C=O) groups is 1. The molecule has 0 saturated heterocycles. The molecule has 12 heteroatoms. The number of carbonyl (C=O) groups excluding carboxylic acids is 1. The lowest BCUT2D eigenvalue weighted by Crippen LogP contribution is -2.23. The molecule has 0 fully saturated rings. The number of nitrogens with zero attached hydrogens (tertiary/aromatic N) is 2. The lowest BCUT2D eigenvalue weighted by atomic mass is 10.3. The molecule has 2 N–H and O–H groups in total. The van der Waals surface area contributed by atoms with Gasteiger partial charge in [0.15, 0.2) is 0 Å². The Labute approximate surface area is 174 Å². The average Bonchev–Trinajstić information content (AvgIpc) is 3.17. The van der Waals surface area contributed by atoms with Gasteiger partial charge in [-0.05, 0) is 42.5 Å². The molecular formula is C17H14ClFN4O4S2. The molecule has 0 aliphatic rings. The topological polar surface area (TPSA) is 110 Å². The van der Waals surface area contributed by atoms with Gasteiger partial charge in [0.2, 0.25) is 15.0 Å². The van der Waals surface area contributed by atoms with Crippen LogP contribution in [0.2, 0.25) is 5.02 Å². The Morgan fingerprint density at radius 2 is 1.93 bits per heavy atom. The van der Waals surface area contributed by atoms with Crippen LogP contribution in [-0.2, 0) is 16.6 Å². The summed E-state index contributed by atoms with van der Waals surface area (Å²) >= 11 is 6.80. The normalized spacial score (nSPS) is 11.3. The number of hydrogen-bond acceptors (Lipinski definition) is 7. The summed E-state index contributed by atoms with van der Waals surface area (Å²) in [7, 11) is -2.60. The van der Waals surface area contributed by atoms with E-state index in [1.165, 1.54) is 49.6 Å². The maximum absolute atomic E-state index is 12.9. The van der Waals surface area contributed by atoms with Gasteiger partial charge in [-0.3, -0.25) is 4.79 Å². The summed E-state index contributed by atoms with van der Waals surface area (Å²) in [6.07, 6.45) is 0. The van der Waals surface area contributed by atoms with Crippen molar-refractivity contribution in [3.63, 3.8) is 0 Å². The minimum Gasteiger partial charge on any atom is -0.495 e. The number of nitrogens with one attached hydrogen (secondary N) is 2. The summed E-state index contributed by atoms with van der Waals surface area (Å²) in [6.45, 7) is -0.181. The molecule has 0 radical (unpaired) electrons. The van der Waals surface area contributed by atoms with Crippen molar-refractivity contribution >= 4 is 44.6 Å². The molecule has 0 unspecified atom stereocenters. The zero-order valence-corrected chi connectivity index (χ0v) is 17.2. The van der Waals surface area contributed by atoms with Crippen LogP contribution in [-0.4, -0.2) is 31.6 Å². The van der Waals surface area contributed by atoms with Gasteiger partial charge >= 0.3 is 0 Å². The number of benzene rings is 2. The second kappa shape index (κ2) is 8.82. The summed E-state index contributed by atoms with van der Waals surface area (Å²) in [5.74, 6) is -0.830. The summed E-state index contributed by atoms with van der Waals surface area (Å²) in [4.78, 5) is 12.1. The van der Waals surface area contributed by atoms with Crippen molar-refractivity contribution in [2.45, 2.75) is 11.4 Å². The number of ether oxygens (including phenoxy) is 1. The molecule has 3 rings (SSSR count). The number of aromatic nitrogens is 2. The van der Waals surface area contributed by atoms with E-state index in [1.807, 2.05) is 0 Å². The van der Waals surface area contributed by atoms with Gasteiger partial charge in [0, 0.05) is 10.7 Å². The Hall–Kier alpha value is -2.60. The summed E-state index contributed by atoms with van der Waals surface area (Å²) < 4.78 is 45.4. The first-order valence-electron chi connectivity index (χ1n) is 8.01. The highest BCUT2D eigenvalue weighted by atomic mass is 35.5. The van der Waals surface area contributed by atoms with E-state index in [4.69, 9.17) is 16.3 Å². The van der Waals surface area contributed by atoms with Crippen LogP contribution in [0.4, 0.5) is 10.1 Å². The van der Waals surface area contributed by atoms with Crippen molar-refractivity contribution in [2.75, 3.05) is 12.4 Å². The van der Waals surface area contributed by atoms with Gasteiger partial charge < -0.3 is 10.1 Å². The van der Waals surface area contributed by atoms with Gasteiger partial charge in [0.1, 0.15) is 21.5 Å². The van der Waals surface area contributed by atoms with Crippen LogP contribution in [0.3, 0.4) is 0 Å². The largest absolute Gasteiger partial charge is 0.495 e. The van der Waals surface area contributed by atoms with Crippen LogP contribution < -0.4 is 14.8 Å². The quantitative estimate of drug-likeness (QED) is 0.565. The van der Waals surface area contributed by atoms with Gasteiger partial charge in [0.05, 0.1) is 13.7 Å². The highest BCUT2D eigenvalue weighted by Gasteiger charge is 2.21. The van der Waals surface area contributed by atoms with Gasteiger partial charge in [-0.15, -0.1) is 10.2 Å². The van der Waals surface area contributed by atoms with Gasteiger partial charge in [0.25, 0.3) is 5.91 Å². The van der Waals surface area contributed by atoms with E-state index in [1.54, 1.807) is 0 Å². The molecule has 2 aromatic carbocycles. The van der Waals surface area contributed by atoms with E-state index < -0.39 is 21.7 Å². The summed E-state index contributed by atoms with van der Waals surface area (Å²) in [5, 5.41) is 10.7. The third-order valence-electron chi connectivity index (χ3n) is 3.59. The van der Waals surface area contributed by atoms with E-state index >= 15 is 0 Å². The van der Waals surface area contributed by atoms with E-state index in [-0.39, 0.29) is 32.2 Å². The fourth-order valence-corrected chi connectivity index (χ4v) is 4.41. The molecule has 29 heavy (non-hydrogen) atoms. The Kier molecular flexibility index (Phi) is 6.42. The Morgan fingerprint density at radius 3 is 2.62 bits per heavy atom. The molecule has 0 bridgehead atoms. The molecule has 152 valence electrons. The second-order valence-electron chi connectivity index (χ2n) is 5.58. The zero-order valence-electron chi connectivity index (χ0n) is 14.8.